The zero-order chi connectivity index (χ0) is 14.5. The van der Waals surface area contributed by atoms with Crippen LogP contribution in [0.15, 0.2) is 41.1 Å². The fourth-order valence-corrected chi connectivity index (χ4v) is 2.88. The summed E-state index contributed by atoms with van der Waals surface area (Å²) in [7, 11) is 0. The molecule has 4 nitrogen and oxygen atoms in total. The summed E-state index contributed by atoms with van der Waals surface area (Å²) in [6, 6.07) is 8.57. The van der Waals surface area contributed by atoms with Crippen LogP contribution in [0, 0.1) is 6.92 Å². The molecule has 0 radical (unpaired) electrons. The highest BCUT2D eigenvalue weighted by atomic mass is 16.3. The summed E-state index contributed by atoms with van der Waals surface area (Å²) in [6.45, 7) is 6.07. The largest absolute Gasteiger partial charge is 0.468 e. The van der Waals surface area contributed by atoms with Gasteiger partial charge < -0.3 is 9.73 Å². The van der Waals surface area contributed by atoms with E-state index in [9.17, 15) is 0 Å². The number of likely N-dealkylation sites (tertiary alicyclic amines) is 1. The van der Waals surface area contributed by atoms with E-state index in [1.165, 1.54) is 18.4 Å². The molecule has 1 unspecified atom stereocenters. The molecule has 1 saturated heterocycles. The first-order valence-corrected chi connectivity index (χ1v) is 7.72. The normalized spacial score (nSPS) is 17.2. The van der Waals surface area contributed by atoms with Crippen molar-refractivity contribution in [3.8, 4) is 0 Å². The first kappa shape index (κ1) is 14.3. The van der Waals surface area contributed by atoms with Crippen LogP contribution in [0.1, 0.15) is 35.9 Å². The zero-order valence-electron chi connectivity index (χ0n) is 12.6. The first-order chi connectivity index (χ1) is 10.3. The van der Waals surface area contributed by atoms with Gasteiger partial charge in [0, 0.05) is 19.3 Å². The fourth-order valence-electron chi connectivity index (χ4n) is 2.88. The quantitative estimate of drug-likeness (QED) is 0.886. The predicted octanol–water partition coefficient (Wildman–Crippen LogP) is 2.91. The molecule has 3 rings (SSSR count). The average molecular weight is 285 g/mol. The van der Waals surface area contributed by atoms with Crippen LogP contribution in [0.4, 0.5) is 0 Å². The molecule has 2 aromatic heterocycles. The minimum absolute atomic E-state index is 0.327. The number of hydrogen-bond donors (Lipinski definition) is 1. The molecule has 21 heavy (non-hydrogen) atoms. The second-order valence-corrected chi connectivity index (χ2v) is 5.73. The van der Waals surface area contributed by atoms with Gasteiger partial charge in [-0.1, -0.05) is 6.07 Å². The molecular formula is C17H23N3O. The monoisotopic (exact) mass is 285 g/mol. The lowest BCUT2D eigenvalue weighted by atomic mass is 10.2. The van der Waals surface area contributed by atoms with Gasteiger partial charge in [0.05, 0.1) is 18.0 Å². The van der Waals surface area contributed by atoms with Crippen molar-refractivity contribution in [1.29, 1.82) is 0 Å². The van der Waals surface area contributed by atoms with E-state index in [1.54, 1.807) is 6.26 Å². The van der Waals surface area contributed by atoms with Crippen LogP contribution in [0.3, 0.4) is 0 Å². The van der Waals surface area contributed by atoms with E-state index in [0.717, 1.165) is 37.6 Å². The van der Waals surface area contributed by atoms with E-state index in [1.807, 2.05) is 12.3 Å². The number of pyridine rings is 1. The second-order valence-electron chi connectivity index (χ2n) is 5.73. The van der Waals surface area contributed by atoms with E-state index in [4.69, 9.17) is 4.42 Å². The smallest absolute Gasteiger partial charge is 0.122 e. The van der Waals surface area contributed by atoms with Gasteiger partial charge in [-0.2, -0.15) is 0 Å². The SMILES string of the molecule is Cc1ccc(CNCC(c2ccco2)N2CCCC2)nc1. The highest BCUT2D eigenvalue weighted by molar-refractivity contribution is 5.12. The highest BCUT2D eigenvalue weighted by Gasteiger charge is 2.24. The van der Waals surface area contributed by atoms with Gasteiger partial charge in [0.15, 0.2) is 0 Å². The molecule has 0 aromatic carbocycles. The van der Waals surface area contributed by atoms with Gasteiger partial charge in [-0.3, -0.25) is 9.88 Å². The molecule has 112 valence electrons. The van der Waals surface area contributed by atoms with Crippen LogP contribution >= 0.6 is 0 Å². The van der Waals surface area contributed by atoms with E-state index in [0.29, 0.717) is 6.04 Å². The Hall–Kier alpha value is -1.65. The van der Waals surface area contributed by atoms with Crippen molar-refractivity contribution in [2.75, 3.05) is 19.6 Å². The molecule has 0 aliphatic carbocycles. The Bertz CT molecular complexity index is 530. The van der Waals surface area contributed by atoms with Gasteiger partial charge in [0.1, 0.15) is 5.76 Å². The number of rotatable bonds is 6. The molecule has 0 bridgehead atoms. The van der Waals surface area contributed by atoms with Crippen molar-refractivity contribution in [1.82, 2.24) is 15.2 Å². The predicted molar refractivity (Wildman–Crippen MR) is 82.9 cm³/mol. The highest BCUT2D eigenvalue weighted by Crippen LogP contribution is 2.24. The maximum absolute atomic E-state index is 5.63. The average Bonchev–Trinajstić information content (AvgIpc) is 3.19. The molecule has 2 aromatic rings. The van der Waals surface area contributed by atoms with Crippen LogP contribution < -0.4 is 5.32 Å². The number of nitrogens with one attached hydrogen (secondary N) is 1. The maximum Gasteiger partial charge on any atom is 0.122 e. The van der Waals surface area contributed by atoms with Crippen LogP contribution in [0.2, 0.25) is 0 Å². The lowest BCUT2D eigenvalue weighted by Gasteiger charge is -2.26. The second kappa shape index (κ2) is 6.87. The molecular weight excluding hydrogens is 262 g/mol. The first-order valence-electron chi connectivity index (χ1n) is 7.72. The summed E-state index contributed by atoms with van der Waals surface area (Å²) in [5.74, 6) is 1.06. The minimum Gasteiger partial charge on any atom is -0.468 e. The van der Waals surface area contributed by atoms with Gasteiger partial charge in [0.2, 0.25) is 0 Å². The van der Waals surface area contributed by atoms with Crippen molar-refractivity contribution >= 4 is 0 Å². The molecule has 1 aliphatic heterocycles. The summed E-state index contributed by atoms with van der Waals surface area (Å²) in [4.78, 5) is 6.94. The van der Waals surface area contributed by atoms with Gasteiger partial charge >= 0.3 is 0 Å². The van der Waals surface area contributed by atoms with Gasteiger partial charge in [-0.05, 0) is 56.6 Å². The van der Waals surface area contributed by atoms with Crippen LogP contribution in [-0.2, 0) is 6.54 Å². The van der Waals surface area contributed by atoms with Crippen molar-refractivity contribution < 1.29 is 4.42 Å². The van der Waals surface area contributed by atoms with Crippen molar-refractivity contribution in [2.45, 2.75) is 32.4 Å². The van der Waals surface area contributed by atoms with Gasteiger partial charge in [-0.25, -0.2) is 0 Å². The fraction of sp³-hybridized carbons (Fsp3) is 0.471. The Morgan fingerprint density at radius 3 is 2.81 bits per heavy atom. The van der Waals surface area contributed by atoms with E-state index in [2.05, 4.69) is 40.3 Å². The maximum atomic E-state index is 5.63. The van der Waals surface area contributed by atoms with E-state index < -0.39 is 0 Å². The standard InChI is InChI=1S/C17H23N3O/c1-14-6-7-15(19-11-14)12-18-13-16(17-5-4-10-21-17)20-8-2-3-9-20/h4-7,10-11,16,18H,2-3,8-9,12-13H2,1H3. The van der Waals surface area contributed by atoms with E-state index in [-0.39, 0.29) is 0 Å². The molecule has 4 heteroatoms. The molecule has 0 saturated carbocycles. The molecule has 1 atom stereocenters. The number of aryl methyl sites for hydroxylation is 1. The number of nitrogens with zero attached hydrogens (tertiary/aromatic N) is 2. The minimum atomic E-state index is 0.327. The Morgan fingerprint density at radius 1 is 1.29 bits per heavy atom. The third-order valence-corrected chi connectivity index (χ3v) is 4.07. The summed E-state index contributed by atoms with van der Waals surface area (Å²) < 4.78 is 5.63. The molecule has 3 heterocycles. The summed E-state index contributed by atoms with van der Waals surface area (Å²) in [5, 5.41) is 3.52. The molecule has 1 aliphatic rings. The molecule has 0 amide bonds. The number of aromatic nitrogens is 1. The Morgan fingerprint density at radius 2 is 2.14 bits per heavy atom. The van der Waals surface area contributed by atoms with Gasteiger partial charge in [-0.15, -0.1) is 0 Å². The van der Waals surface area contributed by atoms with E-state index >= 15 is 0 Å². The summed E-state index contributed by atoms with van der Waals surface area (Å²) >= 11 is 0. The number of hydrogen-bond acceptors (Lipinski definition) is 4. The summed E-state index contributed by atoms with van der Waals surface area (Å²) in [6.07, 6.45) is 6.26. The van der Waals surface area contributed by atoms with Crippen LogP contribution in [-0.4, -0.2) is 29.5 Å². The Kier molecular flexibility index (Phi) is 4.68. The molecule has 1 fully saturated rings. The molecule has 0 spiro atoms. The lowest BCUT2D eigenvalue weighted by molar-refractivity contribution is 0.209. The summed E-state index contributed by atoms with van der Waals surface area (Å²) in [5.41, 5.74) is 2.28. The van der Waals surface area contributed by atoms with Crippen LogP contribution in [0.5, 0.6) is 0 Å². The lowest BCUT2D eigenvalue weighted by Crippen LogP contribution is -2.33. The zero-order valence-corrected chi connectivity index (χ0v) is 12.6. The van der Waals surface area contributed by atoms with Crippen molar-refractivity contribution in [2.24, 2.45) is 0 Å². The Labute approximate surface area is 126 Å². The molecule has 1 N–H and O–H groups in total. The van der Waals surface area contributed by atoms with Crippen molar-refractivity contribution in [3.63, 3.8) is 0 Å². The Balaban J connectivity index is 1.58. The van der Waals surface area contributed by atoms with Gasteiger partial charge in [0.25, 0.3) is 0 Å². The third-order valence-electron chi connectivity index (χ3n) is 4.07. The third kappa shape index (κ3) is 3.71. The van der Waals surface area contributed by atoms with Crippen LogP contribution in [0.25, 0.3) is 0 Å². The van der Waals surface area contributed by atoms with Crippen molar-refractivity contribution in [3.05, 3.63) is 53.7 Å². The number of furan rings is 1. The topological polar surface area (TPSA) is 41.3 Å².